The van der Waals surface area contributed by atoms with Gasteiger partial charge in [-0.05, 0) is 0 Å². The van der Waals surface area contributed by atoms with Crippen LogP contribution in [0.4, 0.5) is 0 Å². The molecule has 0 heterocycles. The summed E-state index contributed by atoms with van der Waals surface area (Å²) in [6, 6.07) is 0. The van der Waals surface area contributed by atoms with Crippen LogP contribution in [-0.4, -0.2) is 14.7 Å². The van der Waals surface area contributed by atoms with Gasteiger partial charge in [0.2, 0.25) is 10.0 Å². The van der Waals surface area contributed by atoms with E-state index in [1.165, 1.54) is 0 Å². The van der Waals surface area contributed by atoms with E-state index in [0.29, 0.717) is 0 Å². The minimum Gasteiger partial charge on any atom is -1.00 e. The Morgan fingerprint density at radius 1 is 1.11 bits per heavy atom. The second kappa shape index (κ2) is 11.7. The van der Waals surface area contributed by atoms with Crippen molar-refractivity contribution in [3.63, 3.8) is 0 Å². The average molecular weight is 147 g/mol. The Bertz CT molecular complexity index is 106. The van der Waals surface area contributed by atoms with Gasteiger partial charge in [0.25, 0.3) is 0 Å². The SMILES string of the molecule is CS(N)(=O)=O.[F-].[F-].[Li+].[Li+]. The fourth-order valence-electron chi connectivity index (χ4n) is 0. The van der Waals surface area contributed by atoms with E-state index in [9.17, 15) is 8.42 Å². The quantitative estimate of drug-likeness (QED) is 0.346. The molecule has 0 aliphatic carbocycles. The molecule has 48 valence electrons. The van der Waals surface area contributed by atoms with Gasteiger partial charge >= 0.3 is 37.7 Å². The van der Waals surface area contributed by atoms with Gasteiger partial charge in [-0.3, -0.25) is 0 Å². The predicted octanol–water partition coefficient (Wildman–Crippen LogP) is -13.1. The Labute approximate surface area is 76.9 Å². The van der Waals surface area contributed by atoms with Crippen molar-refractivity contribution in [1.29, 1.82) is 0 Å². The summed E-state index contributed by atoms with van der Waals surface area (Å²) in [6.45, 7) is 0. The fourth-order valence-corrected chi connectivity index (χ4v) is 0. The first-order chi connectivity index (χ1) is 2.00. The van der Waals surface area contributed by atoms with E-state index in [1.807, 2.05) is 0 Å². The zero-order valence-corrected chi connectivity index (χ0v) is 6.37. The molecular formula is CH5F2Li2NO2S. The molecule has 0 atom stereocenters. The molecule has 3 nitrogen and oxygen atoms in total. The van der Waals surface area contributed by atoms with E-state index >= 15 is 0 Å². The maximum atomic E-state index is 9.41. The summed E-state index contributed by atoms with van der Waals surface area (Å²) < 4.78 is 18.8. The summed E-state index contributed by atoms with van der Waals surface area (Å²) in [5.74, 6) is 0. The maximum absolute atomic E-state index is 9.41. The van der Waals surface area contributed by atoms with Crippen molar-refractivity contribution in [1.82, 2.24) is 0 Å². The summed E-state index contributed by atoms with van der Waals surface area (Å²) in [5, 5.41) is 4.33. The summed E-state index contributed by atoms with van der Waals surface area (Å²) in [4.78, 5) is 0. The number of hydrogen-bond acceptors (Lipinski definition) is 2. The molecule has 0 spiro atoms. The van der Waals surface area contributed by atoms with Crippen LogP contribution in [0, 0.1) is 0 Å². The van der Waals surface area contributed by atoms with Crippen molar-refractivity contribution in [3.8, 4) is 0 Å². The van der Waals surface area contributed by atoms with Crippen molar-refractivity contribution in [2.75, 3.05) is 6.26 Å². The molecule has 8 heteroatoms. The van der Waals surface area contributed by atoms with Gasteiger partial charge in [0.15, 0.2) is 0 Å². The van der Waals surface area contributed by atoms with Gasteiger partial charge < -0.3 is 9.41 Å². The van der Waals surface area contributed by atoms with Crippen molar-refractivity contribution in [3.05, 3.63) is 0 Å². The first-order valence-electron chi connectivity index (χ1n) is 0.977. The third kappa shape index (κ3) is 467. The third-order valence-electron chi connectivity index (χ3n) is 0. The third-order valence-corrected chi connectivity index (χ3v) is 0. The van der Waals surface area contributed by atoms with Gasteiger partial charge in [-0.15, -0.1) is 0 Å². The maximum Gasteiger partial charge on any atom is 1.00 e. The Hall–Kier alpha value is 0.965. The van der Waals surface area contributed by atoms with Gasteiger partial charge in [0.05, 0.1) is 6.26 Å². The van der Waals surface area contributed by atoms with Gasteiger partial charge in [-0.2, -0.15) is 0 Å². The molecule has 2 N–H and O–H groups in total. The smallest absolute Gasteiger partial charge is 1.00 e. The molecule has 0 aliphatic heterocycles. The van der Waals surface area contributed by atoms with Crippen molar-refractivity contribution in [2.45, 2.75) is 0 Å². The van der Waals surface area contributed by atoms with Gasteiger partial charge in [-0.25, -0.2) is 13.6 Å². The number of nitrogens with two attached hydrogens (primary N) is 1. The molecule has 0 fully saturated rings. The minimum absolute atomic E-state index is 0. The number of rotatable bonds is 0. The van der Waals surface area contributed by atoms with E-state index in [0.717, 1.165) is 6.26 Å². The molecule has 0 aromatic heterocycles. The van der Waals surface area contributed by atoms with Crippen LogP contribution in [0.1, 0.15) is 0 Å². The largest absolute Gasteiger partial charge is 1.00 e. The van der Waals surface area contributed by atoms with Crippen LogP contribution in [0.3, 0.4) is 0 Å². The Morgan fingerprint density at radius 2 is 1.11 bits per heavy atom. The van der Waals surface area contributed by atoms with Crippen LogP contribution in [-0.2, 0) is 10.0 Å². The summed E-state index contributed by atoms with van der Waals surface area (Å²) in [6.07, 6.45) is 0.938. The number of hydrogen-bond donors (Lipinski definition) is 1. The molecule has 0 unspecified atom stereocenters. The van der Waals surface area contributed by atoms with Crippen LogP contribution in [0.5, 0.6) is 0 Å². The van der Waals surface area contributed by atoms with Crippen LogP contribution in [0.15, 0.2) is 0 Å². The first kappa shape index (κ1) is 32.5. The second-order valence-electron chi connectivity index (χ2n) is 0.830. The first-order valence-corrected chi connectivity index (χ1v) is 2.93. The summed E-state index contributed by atoms with van der Waals surface area (Å²) in [5.41, 5.74) is 0. The van der Waals surface area contributed by atoms with E-state index < -0.39 is 10.0 Å². The molecule has 0 saturated heterocycles. The Balaban J connectivity index is -0.0000000133. The molecule has 0 radical (unpaired) electrons. The molecule has 0 amide bonds. The second-order valence-corrected chi connectivity index (χ2v) is 2.49. The van der Waals surface area contributed by atoms with Crippen molar-refractivity contribution in [2.24, 2.45) is 5.14 Å². The zero-order valence-electron chi connectivity index (χ0n) is 5.56. The average Bonchev–Trinajstić information content (AvgIpc) is 0.722. The van der Waals surface area contributed by atoms with Crippen LogP contribution in [0.25, 0.3) is 0 Å². The van der Waals surface area contributed by atoms with Crippen LogP contribution >= 0.6 is 0 Å². The number of halogens is 2. The Morgan fingerprint density at radius 3 is 1.11 bits per heavy atom. The summed E-state index contributed by atoms with van der Waals surface area (Å²) in [7, 11) is -3.17. The van der Waals surface area contributed by atoms with E-state index in [4.69, 9.17) is 0 Å². The predicted molar refractivity (Wildman–Crippen MR) is 19.0 cm³/mol. The molecule has 0 rings (SSSR count). The molecular weight excluding hydrogens is 142 g/mol. The fraction of sp³-hybridized carbons (Fsp3) is 1.00. The van der Waals surface area contributed by atoms with Gasteiger partial charge in [0.1, 0.15) is 0 Å². The standard InChI is InChI=1S/CH5NO2S.2FH.2Li/c1-5(2,3)4;;;;/h1H3,(H2,2,3,4);2*1H;;/q;;;2*+1/p-2. The molecule has 0 aromatic rings. The van der Waals surface area contributed by atoms with Crippen LogP contribution < -0.4 is 52.3 Å². The van der Waals surface area contributed by atoms with Crippen LogP contribution in [0.2, 0.25) is 0 Å². The van der Waals surface area contributed by atoms with E-state index in [-0.39, 0.29) is 47.1 Å². The number of sulfonamides is 1. The minimum atomic E-state index is -3.17. The molecule has 0 saturated carbocycles. The normalized spacial score (nSPS) is 6.44. The molecule has 9 heavy (non-hydrogen) atoms. The van der Waals surface area contributed by atoms with Crippen molar-refractivity contribution >= 4 is 10.0 Å². The molecule has 0 aromatic carbocycles. The van der Waals surface area contributed by atoms with E-state index in [2.05, 4.69) is 5.14 Å². The molecule has 0 aliphatic rings. The van der Waals surface area contributed by atoms with E-state index in [1.54, 1.807) is 0 Å². The molecule has 0 bridgehead atoms. The number of primary sulfonamides is 1. The zero-order chi connectivity index (χ0) is 4.50. The van der Waals surface area contributed by atoms with Crippen molar-refractivity contribution < 1.29 is 55.5 Å². The topological polar surface area (TPSA) is 60.2 Å². The van der Waals surface area contributed by atoms with Gasteiger partial charge in [0, 0.05) is 0 Å². The Kier molecular flexibility index (Phi) is 42.3. The summed E-state index contributed by atoms with van der Waals surface area (Å²) >= 11 is 0. The monoisotopic (exact) mass is 147 g/mol. The van der Waals surface area contributed by atoms with Gasteiger partial charge in [-0.1, -0.05) is 0 Å².